The van der Waals surface area contributed by atoms with Crippen molar-refractivity contribution in [2.75, 3.05) is 52.4 Å². The quantitative estimate of drug-likeness (QED) is 0.688. The van der Waals surface area contributed by atoms with Gasteiger partial charge in [-0.25, -0.2) is 0 Å². The molecule has 0 aliphatic carbocycles. The number of carbonyl (C=O) groups excluding carboxylic acids is 1. The van der Waals surface area contributed by atoms with E-state index in [9.17, 15) is 13.6 Å². The van der Waals surface area contributed by atoms with Gasteiger partial charge in [0, 0.05) is 45.9 Å². The highest BCUT2D eigenvalue weighted by Crippen LogP contribution is 2.15. The van der Waals surface area contributed by atoms with E-state index in [0.29, 0.717) is 25.6 Å². The van der Waals surface area contributed by atoms with Gasteiger partial charge in [0.15, 0.2) is 0 Å². The minimum Gasteiger partial charge on any atom is -0.435 e. The van der Waals surface area contributed by atoms with Crippen LogP contribution in [0.15, 0.2) is 24.3 Å². The fourth-order valence-electron chi connectivity index (χ4n) is 3.65. The van der Waals surface area contributed by atoms with Gasteiger partial charge < -0.3 is 14.8 Å². The third-order valence-electron chi connectivity index (χ3n) is 5.20. The van der Waals surface area contributed by atoms with Crippen LogP contribution in [0.3, 0.4) is 0 Å². The zero-order chi connectivity index (χ0) is 19.8. The normalized spacial score (nSPS) is 21.2. The minimum atomic E-state index is -2.82. The zero-order valence-electron chi connectivity index (χ0n) is 16.1. The molecule has 2 aliphatic rings. The molecule has 2 heterocycles. The highest BCUT2D eigenvalue weighted by atomic mass is 19.3. The van der Waals surface area contributed by atoms with Crippen molar-refractivity contribution in [3.05, 3.63) is 29.8 Å². The Morgan fingerprint density at radius 3 is 2.54 bits per heavy atom. The minimum absolute atomic E-state index is 0.0187. The first kappa shape index (κ1) is 21.0. The number of alkyl halides is 2. The van der Waals surface area contributed by atoms with Crippen LogP contribution in [-0.4, -0.2) is 80.8 Å². The van der Waals surface area contributed by atoms with Crippen molar-refractivity contribution < 1.29 is 23.0 Å². The molecule has 1 amide bonds. The van der Waals surface area contributed by atoms with E-state index in [0.717, 1.165) is 51.3 Å². The molecule has 2 saturated heterocycles. The smallest absolute Gasteiger partial charge is 0.387 e. The van der Waals surface area contributed by atoms with Gasteiger partial charge in [0.2, 0.25) is 5.91 Å². The second-order valence-electron chi connectivity index (χ2n) is 7.33. The van der Waals surface area contributed by atoms with Crippen LogP contribution >= 0.6 is 0 Å². The van der Waals surface area contributed by atoms with E-state index >= 15 is 0 Å². The predicted molar refractivity (Wildman–Crippen MR) is 102 cm³/mol. The molecule has 2 aliphatic heterocycles. The predicted octanol–water partition coefficient (Wildman–Crippen LogP) is 1.74. The summed E-state index contributed by atoms with van der Waals surface area (Å²) >= 11 is 0. The fourth-order valence-corrected chi connectivity index (χ4v) is 3.65. The van der Waals surface area contributed by atoms with E-state index in [1.54, 1.807) is 12.1 Å². The van der Waals surface area contributed by atoms with Crippen molar-refractivity contribution in [1.82, 2.24) is 15.1 Å². The molecule has 0 saturated carbocycles. The first-order valence-electron chi connectivity index (χ1n) is 9.95. The van der Waals surface area contributed by atoms with Crippen LogP contribution in [0, 0.1) is 0 Å². The SMILES string of the molecule is O=C(CN1CCN(CC2CCCO2)CC1)NCCc1ccc(OC(F)F)cc1. The van der Waals surface area contributed by atoms with E-state index in [-0.39, 0.29) is 11.7 Å². The fraction of sp³-hybridized carbons (Fsp3) is 0.650. The zero-order valence-corrected chi connectivity index (χ0v) is 16.1. The summed E-state index contributed by atoms with van der Waals surface area (Å²) in [5.74, 6) is 0.159. The molecule has 156 valence electrons. The Kier molecular flexibility index (Phi) is 8.00. The largest absolute Gasteiger partial charge is 0.435 e. The van der Waals surface area contributed by atoms with Crippen molar-refractivity contribution in [2.45, 2.75) is 32.0 Å². The van der Waals surface area contributed by atoms with Crippen molar-refractivity contribution in [3.8, 4) is 5.75 Å². The third kappa shape index (κ3) is 7.00. The molecule has 28 heavy (non-hydrogen) atoms. The lowest BCUT2D eigenvalue weighted by atomic mass is 10.1. The molecule has 8 heteroatoms. The molecule has 3 rings (SSSR count). The monoisotopic (exact) mass is 397 g/mol. The molecule has 0 spiro atoms. The summed E-state index contributed by atoms with van der Waals surface area (Å²) in [6.45, 7) is 3.74. The maximum absolute atomic E-state index is 12.1. The van der Waals surface area contributed by atoms with Crippen LogP contribution in [0.1, 0.15) is 18.4 Å². The summed E-state index contributed by atoms with van der Waals surface area (Å²) in [7, 11) is 0. The number of carbonyl (C=O) groups is 1. The summed E-state index contributed by atoms with van der Waals surface area (Å²) in [4.78, 5) is 16.7. The molecule has 1 unspecified atom stereocenters. The van der Waals surface area contributed by atoms with Crippen molar-refractivity contribution in [2.24, 2.45) is 0 Å². The summed E-state index contributed by atoms with van der Waals surface area (Å²) in [6, 6.07) is 6.49. The van der Waals surface area contributed by atoms with Gasteiger partial charge in [0.1, 0.15) is 5.75 Å². The number of ether oxygens (including phenoxy) is 2. The van der Waals surface area contributed by atoms with Crippen molar-refractivity contribution >= 4 is 5.91 Å². The summed E-state index contributed by atoms with van der Waals surface area (Å²) < 4.78 is 34.3. The molecular formula is C20H29F2N3O3. The molecule has 1 aromatic carbocycles. The lowest BCUT2D eigenvalue weighted by molar-refractivity contribution is -0.122. The first-order valence-corrected chi connectivity index (χ1v) is 9.95. The molecule has 2 fully saturated rings. The topological polar surface area (TPSA) is 54.0 Å². The summed E-state index contributed by atoms with van der Waals surface area (Å²) in [6.07, 6.45) is 3.35. The number of piperazine rings is 1. The van der Waals surface area contributed by atoms with Crippen molar-refractivity contribution in [3.63, 3.8) is 0 Å². The van der Waals surface area contributed by atoms with Gasteiger partial charge in [-0.05, 0) is 37.0 Å². The molecule has 0 aromatic heterocycles. The highest BCUT2D eigenvalue weighted by molar-refractivity contribution is 5.78. The molecule has 0 bridgehead atoms. The first-order chi connectivity index (χ1) is 13.6. The number of nitrogens with zero attached hydrogens (tertiary/aromatic N) is 2. The number of halogens is 2. The van der Waals surface area contributed by atoms with E-state index in [4.69, 9.17) is 4.74 Å². The Hall–Kier alpha value is -1.77. The maximum Gasteiger partial charge on any atom is 0.387 e. The van der Waals surface area contributed by atoms with E-state index < -0.39 is 6.61 Å². The number of amides is 1. The Morgan fingerprint density at radius 1 is 1.18 bits per heavy atom. The van der Waals surface area contributed by atoms with Gasteiger partial charge in [-0.15, -0.1) is 0 Å². The van der Waals surface area contributed by atoms with Gasteiger partial charge in [0.05, 0.1) is 12.6 Å². The van der Waals surface area contributed by atoms with E-state index in [2.05, 4.69) is 19.9 Å². The molecule has 0 radical (unpaired) electrons. The van der Waals surface area contributed by atoms with Gasteiger partial charge in [-0.1, -0.05) is 12.1 Å². The lowest BCUT2D eigenvalue weighted by Gasteiger charge is -2.35. The van der Waals surface area contributed by atoms with Crippen LogP contribution in [0.2, 0.25) is 0 Å². The Bertz CT molecular complexity index is 601. The Balaban J connectivity index is 1.28. The Morgan fingerprint density at radius 2 is 1.89 bits per heavy atom. The number of hydrogen-bond acceptors (Lipinski definition) is 5. The average Bonchev–Trinajstić information content (AvgIpc) is 3.17. The lowest BCUT2D eigenvalue weighted by Crippen LogP contribution is -2.51. The second-order valence-corrected chi connectivity index (χ2v) is 7.33. The molecule has 1 N–H and O–H groups in total. The molecular weight excluding hydrogens is 368 g/mol. The average molecular weight is 397 g/mol. The summed E-state index contributed by atoms with van der Waals surface area (Å²) in [5, 5.41) is 2.93. The standard InChI is InChI=1S/C20H29F2N3O3/c21-20(22)28-17-5-3-16(4-6-17)7-8-23-19(26)15-25-11-9-24(10-12-25)14-18-2-1-13-27-18/h3-6,18,20H,1-2,7-15H2,(H,23,26). The number of nitrogens with one attached hydrogen (secondary N) is 1. The van der Waals surface area contributed by atoms with E-state index in [1.807, 2.05) is 0 Å². The van der Waals surface area contributed by atoms with Crippen LogP contribution in [0.5, 0.6) is 5.75 Å². The second kappa shape index (κ2) is 10.7. The number of rotatable bonds is 9. The van der Waals surface area contributed by atoms with Crippen LogP contribution in [0.25, 0.3) is 0 Å². The van der Waals surface area contributed by atoms with E-state index in [1.165, 1.54) is 18.6 Å². The Labute approximate surface area is 164 Å². The van der Waals surface area contributed by atoms with Crippen LogP contribution < -0.4 is 10.1 Å². The van der Waals surface area contributed by atoms with Crippen LogP contribution in [-0.2, 0) is 16.0 Å². The summed E-state index contributed by atoms with van der Waals surface area (Å²) in [5.41, 5.74) is 0.963. The van der Waals surface area contributed by atoms with Gasteiger partial charge in [-0.3, -0.25) is 14.6 Å². The number of hydrogen-bond donors (Lipinski definition) is 1. The maximum atomic E-state index is 12.1. The van der Waals surface area contributed by atoms with Gasteiger partial charge >= 0.3 is 6.61 Å². The third-order valence-corrected chi connectivity index (χ3v) is 5.20. The van der Waals surface area contributed by atoms with Gasteiger partial charge in [0.25, 0.3) is 0 Å². The molecule has 1 aromatic rings. The molecule has 1 atom stereocenters. The number of benzene rings is 1. The van der Waals surface area contributed by atoms with Gasteiger partial charge in [-0.2, -0.15) is 8.78 Å². The van der Waals surface area contributed by atoms with Crippen LogP contribution in [0.4, 0.5) is 8.78 Å². The molecule has 6 nitrogen and oxygen atoms in total. The van der Waals surface area contributed by atoms with Crippen molar-refractivity contribution in [1.29, 1.82) is 0 Å². The highest BCUT2D eigenvalue weighted by Gasteiger charge is 2.23.